The SMILES string of the molecule is COc1cc(Br)c(N)cc1S(=O)(=O)N1CC(C)C(C)C1. The Kier molecular flexibility index (Phi) is 4.32. The van der Waals surface area contributed by atoms with Crippen LogP contribution in [-0.4, -0.2) is 32.9 Å². The van der Waals surface area contributed by atoms with Crippen LogP contribution in [0.25, 0.3) is 0 Å². The molecule has 0 bridgehead atoms. The Labute approximate surface area is 128 Å². The van der Waals surface area contributed by atoms with Gasteiger partial charge in [-0.3, -0.25) is 0 Å². The van der Waals surface area contributed by atoms with Crippen LogP contribution in [0.4, 0.5) is 5.69 Å². The van der Waals surface area contributed by atoms with Gasteiger partial charge in [-0.25, -0.2) is 8.42 Å². The lowest BCUT2D eigenvalue weighted by Crippen LogP contribution is -2.29. The zero-order valence-corrected chi connectivity index (χ0v) is 14.2. The number of nitrogen functional groups attached to an aromatic ring is 1. The van der Waals surface area contributed by atoms with Crippen LogP contribution in [0.15, 0.2) is 21.5 Å². The van der Waals surface area contributed by atoms with Crippen molar-refractivity contribution < 1.29 is 13.2 Å². The Morgan fingerprint density at radius 2 is 1.85 bits per heavy atom. The second-order valence-corrected chi connectivity index (χ2v) is 8.06. The first-order valence-corrected chi connectivity index (χ1v) is 8.63. The third-order valence-corrected chi connectivity index (χ3v) is 6.40. The molecule has 1 aromatic carbocycles. The molecular weight excluding hydrogens is 344 g/mol. The molecule has 1 aromatic rings. The van der Waals surface area contributed by atoms with Gasteiger partial charge in [0.25, 0.3) is 0 Å². The van der Waals surface area contributed by atoms with Crippen molar-refractivity contribution in [1.82, 2.24) is 4.31 Å². The van der Waals surface area contributed by atoms with Gasteiger partial charge >= 0.3 is 0 Å². The molecule has 1 saturated heterocycles. The predicted octanol–water partition coefficient (Wildman–Crippen LogP) is 2.32. The van der Waals surface area contributed by atoms with E-state index in [1.54, 1.807) is 6.07 Å². The maximum absolute atomic E-state index is 12.7. The second kappa shape index (κ2) is 5.54. The summed E-state index contributed by atoms with van der Waals surface area (Å²) in [4.78, 5) is 0.127. The van der Waals surface area contributed by atoms with Crippen molar-refractivity contribution in [1.29, 1.82) is 0 Å². The predicted molar refractivity (Wildman–Crippen MR) is 82.2 cm³/mol. The highest BCUT2D eigenvalue weighted by Gasteiger charge is 2.36. The van der Waals surface area contributed by atoms with Crippen LogP contribution < -0.4 is 10.5 Å². The van der Waals surface area contributed by atoms with Crippen LogP contribution in [0, 0.1) is 11.8 Å². The number of nitrogens with two attached hydrogens (primary N) is 1. The quantitative estimate of drug-likeness (QED) is 0.837. The third-order valence-electron chi connectivity index (χ3n) is 3.86. The monoisotopic (exact) mass is 362 g/mol. The molecule has 0 aliphatic carbocycles. The fourth-order valence-corrected chi connectivity index (χ4v) is 4.46. The molecule has 2 unspecified atom stereocenters. The van der Waals surface area contributed by atoms with Gasteiger partial charge in [-0.15, -0.1) is 0 Å². The lowest BCUT2D eigenvalue weighted by molar-refractivity contribution is 0.397. The molecule has 0 amide bonds. The summed E-state index contributed by atoms with van der Waals surface area (Å²) in [5.41, 5.74) is 6.19. The summed E-state index contributed by atoms with van der Waals surface area (Å²) in [5.74, 6) is 1.01. The van der Waals surface area contributed by atoms with Gasteiger partial charge in [-0.2, -0.15) is 4.31 Å². The number of rotatable bonds is 3. The van der Waals surface area contributed by atoms with Crippen LogP contribution in [0.3, 0.4) is 0 Å². The molecule has 112 valence electrons. The van der Waals surface area contributed by atoms with E-state index in [1.807, 2.05) is 0 Å². The first-order valence-electron chi connectivity index (χ1n) is 6.40. The molecule has 0 aromatic heterocycles. The van der Waals surface area contributed by atoms with E-state index in [-0.39, 0.29) is 4.90 Å². The second-order valence-electron chi connectivity index (χ2n) is 5.30. The zero-order valence-electron chi connectivity index (χ0n) is 11.8. The number of benzene rings is 1. The topological polar surface area (TPSA) is 72.6 Å². The van der Waals surface area contributed by atoms with E-state index in [1.165, 1.54) is 17.5 Å². The third kappa shape index (κ3) is 2.66. The first-order chi connectivity index (χ1) is 9.27. The summed E-state index contributed by atoms with van der Waals surface area (Å²) >= 11 is 3.28. The highest BCUT2D eigenvalue weighted by Crippen LogP contribution is 2.36. The standard InChI is InChI=1S/C13H19BrN2O3S/c1-8-6-16(7-9(8)2)20(17,18)13-5-11(15)10(14)4-12(13)19-3/h4-5,8-9H,6-7,15H2,1-3H3. The summed E-state index contributed by atoms with van der Waals surface area (Å²) in [6.45, 7) is 5.19. The van der Waals surface area contributed by atoms with E-state index in [9.17, 15) is 8.42 Å². The molecular formula is C13H19BrN2O3S. The van der Waals surface area contributed by atoms with Crippen LogP contribution in [0.2, 0.25) is 0 Å². The van der Waals surface area contributed by atoms with Gasteiger partial charge in [0, 0.05) is 23.2 Å². The number of hydrogen-bond acceptors (Lipinski definition) is 4. The first kappa shape index (κ1) is 15.6. The van der Waals surface area contributed by atoms with Crippen LogP contribution in [0.1, 0.15) is 13.8 Å². The highest BCUT2D eigenvalue weighted by atomic mass is 79.9. The van der Waals surface area contributed by atoms with Gasteiger partial charge in [0.15, 0.2) is 0 Å². The Morgan fingerprint density at radius 3 is 2.35 bits per heavy atom. The lowest BCUT2D eigenvalue weighted by atomic mass is 10.0. The van der Waals surface area contributed by atoms with Gasteiger partial charge in [0.2, 0.25) is 10.0 Å². The number of anilines is 1. The van der Waals surface area contributed by atoms with Crippen molar-refractivity contribution in [3.63, 3.8) is 0 Å². The summed E-state index contributed by atoms with van der Waals surface area (Å²) in [5, 5.41) is 0. The van der Waals surface area contributed by atoms with Gasteiger partial charge in [0.1, 0.15) is 10.6 Å². The van der Waals surface area contributed by atoms with Crippen molar-refractivity contribution in [2.24, 2.45) is 11.8 Å². The minimum absolute atomic E-state index is 0.127. The van der Waals surface area contributed by atoms with Crippen molar-refractivity contribution >= 4 is 31.6 Å². The summed E-state index contributed by atoms with van der Waals surface area (Å²) in [6, 6.07) is 3.04. The van der Waals surface area contributed by atoms with Crippen LogP contribution in [0.5, 0.6) is 5.75 Å². The van der Waals surface area contributed by atoms with Crippen LogP contribution in [-0.2, 0) is 10.0 Å². The molecule has 2 N–H and O–H groups in total. The van der Waals surface area contributed by atoms with Crippen molar-refractivity contribution in [2.75, 3.05) is 25.9 Å². The van der Waals surface area contributed by atoms with Gasteiger partial charge < -0.3 is 10.5 Å². The number of hydrogen-bond donors (Lipinski definition) is 1. The highest BCUT2D eigenvalue weighted by molar-refractivity contribution is 9.10. The smallest absolute Gasteiger partial charge is 0.246 e. The maximum Gasteiger partial charge on any atom is 0.246 e. The molecule has 1 heterocycles. The van der Waals surface area contributed by atoms with E-state index in [2.05, 4.69) is 29.8 Å². The Morgan fingerprint density at radius 1 is 1.30 bits per heavy atom. The fraction of sp³-hybridized carbons (Fsp3) is 0.538. The number of ether oxygens (including phenoxy) is 1. The number of halogens is 1. The lowest BCUT2D eigenvalue weighted by Gasteiger charge is -2.19. The molecule has 2 rings (SSSR count). The minimum atomic E-state index is -3.58. The van der Waals surface area contributed by atoms with E-state index in [0.717, 1.165) is 0 Å². The molecule has 5 nitrogen and oxygen atoms in total. The van der Waals surface area contributed by atoms with Crippen molar-refractivity contribution in [3.05, 3.63) is 16.6 Å². The molecule has 20 heavy (non-hydrogen) atoms. The number of methoxy groups -OCH3 is 1. The van der Waals surface area contributed by atoms with E-state index in [4.69, 9.17) is 10.5 Å². The molecule has 7 heteroatoms. The van der Waals surface area contributed by atoms with Gasteiger partial charge in [0.05, 0.1) is 7.11 Å². The Balaban J connectivity index is 2.47. The Hall–Kier alpha value is -0.790. The number of nitrogens with zero attached hydrogens (tertiary/aromatic N) is 1. The van der Waals surface area contributed by atoms with Gasteiger partial charge in [-0.05, 0) is 39.9 Å². The summed E-state index contributed by atoms with van der Waals surface area (Å²) in [6.07, 6.45) is 0. The number of sulfonamides is 1. The summed E-state index contributed by atoms with van der Waals surface area (Å²) < 4.78 is 32.8. The van der Waals surface area contributed by atoms with E-state index < -0.39 is 10.0 Å². The molecule has 1 fully saturated rings. The van der Waals surface area contributed by atoms with Crippen molar-refractivity contribution in [3.8, 4) is 5.75 Å². The summed E-state index contributed by atoms with van der Waals surface area (Å²) in [7, 11) is -2.13. The molecule has 0 radical (unpaired) electrons. The normalized spacial score (nSPS) is 24.0. The molecule has 1 aliphatic heterocycles. The zero-order chi connectivity index (χ0) is 15.1. The minimum Gasteiger partial charge on any atom is -0.495 e. The molecule has 1 aliphatic rings. The van der Waals surface area contributed by atoms with E-state index >= 15 is 0 Å². The fourth-order valence-electron chi connectivity index (χ4n) is 2.32. The Bertz CT molecular complexity index is 608. The maximum atomic E-state index is 12.7. The molecule has 0 spiro atoms. The largest absolute Gasteiger partial charge is 0.495 e. The average Bonchev–Trinajstić information content (AvgIpc) is 2.73. The van der Waals surface area contributed by atoms with Gasteiger partial charge in [-0.1, -0.05) is 13.8 Å². The average molecular weight is 363 g/mol. The van der Waals surface area contributed by atoms with Crippen LogP contribution >= 0.6 is 15.9 Å². The van der Waals surface area contributed by atoms with E-state index in [0.29, 0.717) is 40.8 Å². The van der Waals surface area contributed by atoms with Crippen molar-refractivity contribution in [2.45, 2.75) is 18.7 Å². The molecule has 2 atom stereocenters. The molecule has 0 saturated carbocycles.